The molecule has 0 radical (unpaired) electrons. The van der Waals surface area contributed by atoms with Crippen LogP contribution < -0.4 is 10.1 Å². The van der Waals surface area contributed by atoms with Gasteiger partial charge in [-0.2, -0.15) is 9.36 Å². The Bertz CT molecular complexity index is 281. The van der Waals surface area contributed by atoms with Crippen LogP contribution in [0.1, 0.15) is 25.1 Å². The lowest BCUT2D eigenvalue weighted by atomic mass is 10.2. The van der Waals surface area contributed by atoms with Gasteiger partial charge in [-0.3, -0.25) is 0 Å². The molecule has 5 heteroatoms. The first-order valence-electron chi connectivity index (χ1n) is 5.02. The van der Waals surface area contributed by atoms with E-state index in [0.717, 1.165) is 36.9 Å². The van der Waals surface area contributed by atoms with Crippen LogP contribution in [-0.2, 0) is 0 Å². The molecule has 0 spiro atoms. The van der Waals surface area contributed by atoms with Gasteiger partial charge < -0.3 is 10.1 Å². The van der Waals surface area contributed by atoms with Gasteiger partial charge in [-0.05, 0) is 39.3 Å². The zero-order chi connectivity index (χ0) is 9.80. The van der Waals surface area contributed by atoms with Gasteiger partial charge in [-0.15, -0.1) is 0 Å². The average molecular weight is 213 g/mol. The maximum atomic E-state index is 5.76. The molecule has 1 saturated heterocycles. The molecule has 78 valence electrons. The van der Waals surface area contributed by atoms with Crippen molar-refractivity contribution < 1.29 is 4.74 Å². The molecule has 0 amide bonds. The van der Waals surface area contributed by atoms with E-state index in [9.17, 15) is 0 Å². The minimum absolute atomic E-state index is 0.317. The van der Waals surface area contributed by atoms with E-state index in [2.05, 4.69) is 14.7 Å². The normalized spacial score (nSPS) is 23.1. The third kappa shape index (κ3) is 2.65. The number of ether oxygens (including phenoxy) is 1. The summed E-state index contributed by atoms with van der Waals surface area (Å²) in [6.45, 7) is 4.04. The first-order chi connectivity index (χ1) is 6.84. The van der Waals surface area contributed by atoms with Crippen LogP contribution in [-0.4, -0.2) is 28.6 Å². The predicted octanol–water partition coefficient (Wildman–Crippen LogP) is 1.37. The molecule has 0 bridgehead atoms. The fraction of sp³-hybridized carbons (Fsp3) is 0.778. The second kappa shape index (κ2) is 4.70. The van der Waals surface area contributed by atoms with Crippen molar-refractivity contribution in [1.82, 2.24) is 14.7 Å². The molecule has 0 saturated carbocycles. The summed E-state index contributed by atoms with van der Waals surface area (Å²) >= 11 is 1.35. The van der Waals surface area contributed by atoms with E-state index in [1.54, 1.807) is 0 Å². The van der Waals surface area contributed by atoms with Gasteiger partial charge in [0.1, 0.15) is 11.9 Å². The second-order valence-corrected chi connectivity index (χ2v) is 4.24. The Morgan fingerprint density at radius 1 is 1.43 bits per heavy atom. The van der Waals surface area contributed by atoms with Gasteiger partial charge in [-0.25, -0.2) is 0 Å². The molecule has 1 aliphatic rings. The van der Waals surface area contributed by atoms with Gasteiger partial charge >= 0.3 is 0 Å². The molecule has 1 aliphatic heterocycles. The van der Waals surface area contributed by atoms with Crippen LogP contribution in [0.25, 0.3) is 0 Å². The maximum Gasteiger partial charge on any atom is 0.293 e. The number of hydrogen-bond donors (Lipinski definition) is 1. The number of aromatic nitrogens is 2. The van der Waals surface area contributed by atoms with Crippen molar-refractivity contribution >= 4 is 11.5 Å². The molecule has 1 atom stereocenters. The predicted molar refractivity (Wildman–Crippen MR) is 55.8 cm³/mol. The van der Waals surface area contributed by atoms with Crippen LogP contribution in [0.5, 0.6) is 5.19 Å². The number of aryl methyl sites for hydroxylation is 1. The van der Waals surface area contributed by atoms with Crippen molar-refractivity contribution in [3.8, 4) is 5.19 Å². The molecule has 1 aromatic rings. The number of nitrogens with one attached hydrogen (secondary N) is 1. The van der Waals surface area contributed by atoms with Crippen molar-refractivity contribution in [2.75, 3.05) is 13.1 Å². The fourth-order valence-corrected chi connectivity index (χ4v) is 2.18. The lowest BCUT2D eigenvalue weighted by Gasteiger charge is -2.13. The lowest BCUT2D eigenvalue weighted by Crippen LogP contribution is -2.19. The minimum Gasteiger partial charge on any atom is -0.466 e. The molecule has 1 aromatic heterocycles. The van der Waals surface area contributed by atoms with E-state index in [1.165, 1.54) is 18.0 Å². The molecule has 0 aliphatic carbocycles. The summed E-state index contributed by atoms with van der Waals surface area (Å²) < 4.78 is 9.86. The van der Waals surface area contributed by atoms with E-state index in [1.807, 2.05) is 6.92 Å². The number of hydrogen-bond acceptors (Lipinski definition) is 5. The smallest absolute Gasteiger partial charge is 0.293 e. The first-order valence-corrected chi connectivity index (χ1v) is 5.79. The third-order valence-corrected chi connectivity index (χ3v) is 3.00. The SMILES string of the molecule is Cc1nsc(OC2CCCNCC2)n1. The molecule has 2 heterocycles. The fourth-order valence-electron chi connectivity index (χ4n) is 1.57. The van der Waals surface area contributed by atoms with Crippen LogP contribution in [0.15, 0.2) is 0 Å². The largest absolute Gasteiger partial charge is 0.466 e. The third-order valence-electron chi connectivity index (χ3n) is 2.30. The van der Waals surface area contributed by atoms with E-state index in [0.29, 0.717) is 6.10 Å². The Kier molecular flexibility index (Phi) is 3.31. The van der Waals surface area contributed by atoms with Crippen LogP contribution in [0.4, 0.5) is 0 Å². The van der Waals surface area contributed by atoms with Crippen molar-refractivity contribution in [3.05, 3.63) is 5.82 Å². The summed E-state index contributed by atoms with van der Waals surface area (Å²) in [5, 5.41) is 4.07. The van der Waals surface area contributed by atoms with Crippen molar-refractivity contribution in [2.24, 2.45) is 0 Å². The minimum atomic E-state index is 0.317. The zero-order valence-corrected chi connectivity index (χ0v) is 9.14. The highest BCUT2D eigenvalue weighted by atomic mass is 32.1. The highest BCUT2D eigenvalue weighted by molar-refractivity contribution is 7.07. The average Bonchev–Trinajstić information content (AvgIpc) is 2.43. The summed E-state index contributed by atoms with van der Waals surface area (Å²) in [7, 11) is 0. The molecule has 4 nitrogen and oxygen atoms in total. The number of nitrogens with zero attached hydrogens (tertiary/aromatic N) is 2. The van der Waals surface area contributed by atoms with Crippen LogP contribution in [0.2, 0.25) is 0 Å². The van der Waals surface area contributed by atoms with Gasteiger partial charge in [-0.1, -0.05) is 0 Å². The Hall–Kier alpha value is -0.680. The highest BCUT2D eigenvalue weighted by Crippen LogP contribution is 2.18. The Morgan fingerprint density at radius 3 is 3.14 bits per heavy atom. The van der Waals surface area contributed by atoms with E-state index >= 15 is 0 Å². The quantitative estimate of drug-likeness (QED) is 0.806. The number of rotatable bonds is 2. The molecular weight excluding hydrogens is 198 g/mol. The van der Waals surface area contributed by atoms with E-state index in [4.69, 9.17) is 4.74 Å². The van der Waals surface area contributed by atoms with E-state index in [-0.39, 0.29) is 0 Å². The second-order valence-electron chi connectivity index (χ2n) is 3.53. The summed E-state index contributed by atoms with van der Waals surface area (Å²) in [5.74, 6) is 0.803. The Morgan fingerprint density at radius 2 is 2.36 bits per heavy atom. The summed E-state index contributed by atoms with van der Waals surface area (Å²) in [5.41, 5.74) is 0. The van der Waals surface area contributed by atoms with Crippen LogP contribution in [0.3, 0.4) is 0 Å². The summed E-state index contributed by atoms with van der Waals surface area (Å²) in [6.07, 6.45) is 3.68. The maximum absolute atomic E-state index is 5.76. The standard InChI is InChI=1S/C9H15N3OS/c1-7-11-9(14-12-7)13-8-3-2-5-10-6-4-8/h8,10H,2-6H2,1H3. The lowest BCUT2D eigenvalue weighted by molar-refractivity contribution is 0.186. The topological polar surface area (TPSA) is 47.0 Å². The van der Waals surface area contributed by atoms with Gasteiger partial charge in [0.05, 0.1) is 0 Å². The van der Waals surface area contributed by atoms with Gasteiger partial charge in [0.25, 0.3) is 5.19 Å². The van der Waals surface area contributed by atoms with Gasteiger partial charge in [0.2, 0.25) is 0 Å². The molecular formula is C9H15N3OS. The molecule has 1 N–H and O–H groups in total. The monoisotopic (exact) mass is 213 g/mol. The van der Waals surface area contributed by atoms with Crippen LogP contribution >= 0.6 is 11.5 Å². The van der Waals surface area contributed by atoms with Gasteiger partial charge in [0.15, 0.2) is 0 Å². The summed E-state index contributed by atoms with van der Waals surface area (Å²) in [6, 6.07) is 0. The first kappa shape index (κ1) is 9.86. The molecule has 0 aromatic carbocycles. The molecule has 1 fully saturated rings. The van der Waals surface area contributed by atoms with Crippen molar-refractivity contribution in [1.29, 1.82) is 0 Å². The van der Waals surface area contributed by atoms with Gasteiger partial charge in [0, 0.05) is 11.5 Å². The zero-order valence-electron chi connectivity index (χ0n) is 8.32. The van der Waals surface area contributed by atoms with E-state index < -0.39 is 0 Å². The molecule has 1 unspecified atom stereocenters. The van der Waals surface area contributed by atoms with Crippen LogP contribution in [0, 0.1) is 6.92 Å². The van der Waals surface area contributed by atoms with Crippen molar-refractivity contribution in [2.45, 2.75) is 32.3 Å². The molecule has 2 rings (SSSR count). The highest BCUT2D eigenvalue weighted by Gasteiger charge is 2.14. The van der Waals surface area contributed by atoms with Crippen molar-refractivity contribution in [3.63, 3.8) is 0 Å². The summed E-state index contributed by atoms with van der Waals surface area (Å²) in [4.78, 5) is 4.20. The molecule has 14 heavy (non-hydrogen) atoms. The Labute approximate surface area is 87.9 Å². The Balaban J connectivity index is 1.89.